The van der Waals surface area contributed by atoms with Gasteiger partial charge in [-0.05, 0) is 23.6 Å². The van der Waals surface area contributed by atoms with Crippen molar-refractivity contribution in [2.75, 3.05) is 25.5 Å². The van der Waals surface area contributed by atoms with Gasteiger partial charge in [0.25, 0.3) is 0 Å². The molecular formula is C25H37N5O10. The summed E-state index contributed by atoms with van der Waals surface area (Å²) in [6.45, 7) is 3.04. The number of carboxylic acids is 1. The second kappa shape index (κ2) is 15.0. The highest BCUT2D eigenvalue weighted by Gasteiger charge is 2.34. The van der Waals surface area contributed by atoms with Gasteiger partial charge in [-0.1, -0.05) is 19.9 Å². The van der Waals surface area contributed by atoms with Crippen molar-refractivity contribution in [3.63, 3.8) is 0 Å². The quantitative estimate of drug-likeness (QED) is 0.178. The van der Waals surface area contributed by atoms with Crippen molar-refractivity contribution in [1.82, 2.24) is 10.2 Å². The first-order chi connectivity index (χ1) is 18.8. The van der Waals surface area contributed by atoms with Gasteiger partial charge in [-0.2, -0.15) is 0 Å². The highest BCUT2D eigenvalue weighted by molar-refractivity contribution is 5.93. The molecule has 2 rings (SSSR count). The average Bonchev–Trinajstić information content (AvgIpc) is 2.87. The number of likely N-dealkylation sites (N-methyl/N-ethyl adjacent to an activating group) is 1. The molecule has 40 heavy (non-hydrogen) atoms. The summed E-state index contributed by atoms with van der Waals surface area (Å²) in [5, 5.41) is 24.4. The number of nitrogens with two attached hydrogens (primary N) is 2. The minimum absolute atomic E-state index is 0.00906. The molecule has 1 aliphatic heterocycles. The minimum atomic E-state index is -1.27. The highest BCUT2D eigenvalue weighted by atomic mass is 16.7. The summed E-state index contributed by atoms with van der Waals surface area (Å²) in [6, 6.07) is 3.60. The number of ether oxygens (including phenoxy) is 3. The Morgan fingerprint density at radius 1 is 1.18 bits per heavy atom. The zero-order chi connectivity index (χ0) is 30.0. The highest BCUT2D eigenvalue weighted by Crippen LogP contribution is 2.31. The molecule has 1 aromatic rings. The lowest BCUT2D eigenvalue weighted by molar-refractivity contribution is -0.195. The van der Waals surface area contributed by atoms with Crippen molar-refractivity contribution in [2.45, 2.75) is 64.3 Å². The van der Waals surface area contributed by atoms with E-state index >= 15 is 0 Å². The van der Waals surface area contributed by atoms with Crippen LogP contribution in [0, 0.1) is 5.92 Å². The summed E-state index contributed by atoms with van der Waals surface area (Å²) < 4.78 is 16.5. The van der Waals surface area contributed by atoms with Crippen LogP contribution in [-0.2, 0) is 35.3 Å². The van der Waals surface area contributed by atoms with Gasteiger partial charge in [0.2, 0.25) is 24.0 Å². The molecule has 0 radical (unpaired) electrons. The number of aliphatic carboxylic acids is 1. The molecule has 1 heterocycles. The number of amides is 4. The van der Waals surface area contributed by atoms with E-state index in [4.69, 9.17) is 25.7 Å². The number of primary amides is 1. The number of nitrogens with one attached hydrogen (secondary N) is 2. The first-order valence-corrected chi connectivity index (χ1v) is 12.6. The molecule has 0 bridgehead atoms. The molecule has 1 fully saturated rings. The summed E-state index contributed by atoms with van der Waals surface area (Å²) in [4.78, 5) is 60.6. The Kier molecular flexibility index (Phi) is 12.1. The number of carbonyl (C=O) groups is 5. The molecule has 0 aliphatic carbocycles. The molecule has 1 aliphatic rings. The summed E-state index contributed by atoms with van der Waals surface area (Å²) in [5.41, 5.74) is 11.2. The van der Waals surface area contributed by atoms with Crippen molar-refractivity contribution in [2.24, 2.45) is 17.4 Å². The zero-order valence-corrected chi connectivity index (χ0v) is 22.6. The van der Waals surface area contributed by atoms with E-state index in [0.29, 0.717) is 5.56 Å². The third kappa shape index (κ3) is 9.66. The van der Waals surface area contributed by atoms with Crippen molar-refractivity contribution >= 4 is 35.5 Å². The van der Waals surface area contributed by atoms with Gasteiger partial charge in [0.05, 0.1) is 18.3 Å². The number of aliphatic hydroxyl groups is 1. The van der Waals surface area contributed by atoms with E-state index in [2.05, 4.69) is 10.6 Å². The van der Waals surface area contributed by atoms with E-state index in [0.717, 1.165) is 4.90 Å². The third-order valence-electron chi connectivity index (χ3n) is 5.97. The number of nitrogens with zero attached hydrogens (tertiary/aromatic N) is 1. The van der Waals surface area contributed by atoms with Gasteiger partial charge in [-0.15, -0.1) is 0 Å². The number of aliphatic hydroxyl groups excluding tert-OH is 1. The fourth-order valence-corrected chi connectivity index (χ4v) is 4.03. The molecule has 15 heteroatoms. The first-order valence-electron chi connectivity index (χ1n) is 12.6. The van der Waals surface area contributed by atoms with Crippen LogP contribution in [0.4, 0.5) is 10.5 Å². The van der Waals surface area contributed by atoms with Gasteiger partial charge in [0.15, 0.2) is 6.10 Å². The van der Waals surface area contributed by atoms with Gasteiger partial charge >= 0.3 is 12.1 Å². The molecule has 8 N–H and O–H groups in total. The molecule has 4 amide bonds. The minimum Gasteiger partial charge on any atom is -0.479 e. The normalized spacial score (nSPS) is 19.3. The van der Waals surface area contributed by atoms with Crippen molar-refractivity contribution in [3.8, 4) is 5.75 Å². The number of hydrogen-bond acceptors (Lipinski definition) is 10. The number of hydrogen-bond donors (Lipinski definition) is 6. The predicted octanol–water partition coefficient (Wildman–Crippen LogP) is -0.502. The van der Waals surface area contributed by atoms with Crippen molar-refractivity contribution in [1.29, 1.82) is 0 Å². The topological polar surface area (TPSA) is 233 Å². The second-order valence-electron chi connectivity index (χ2n) is 9.58. The number of carboxylic acid groups (broad SMARTS) is 1. The summed E-state index contributed by atoms with van der Waals surface area (Å²) in [7, 11) is 1.40. The summed E-state index contributed by atoms with van der Waals surface area (Å²) in [6.07, 6.45) is -4.37. The molecule has 0 aromatic heterocycles. The number of carbonyl (C=O) groups excluding carboxylic acids is 4. The van der Waals surface area contributed by atoms with Crippen molar-refractivity contribution < 1.29 is 48.4 Å². The largest absolute Gasteiger partial charge is 0.479 e. The molecular weight excluding hydrogens is 530 g/mol. The summed E-state index contributed by atoms with van der Waals surface area (Å²) >= 11 is 0. The predicted molar refractivity (Wildman–Crippen MR) is 140 cm³/mol. The third-order valence-corrected chi connectivity index (χ3v) is 5.97. The Morgan fingerprint density at radius 2 is 1.88 bits per heavy atom. The van der Waals surface area contributed by atoms with Crippen LogP contribution in [0.25, 0.3) is 0 Å². The van der Waals surface area contributed by atoms with Crippen LogP contribution in [0.2, 0.25) is 0 Å². The Hall–Kier alpha value is -3.95. The van der Waals surface area contributed by atoms with E-state index in [1.807, 2.05) is 0 Å². The number of rotatable bonds is 13. The van der Waals surface area contributed by atoms with Crippen LogP contribution >= 0.6 is 0 Å². The van der Waals surface area contributed by atoms with Gasteiger partial charge < -0.3 is 46.5 Å². The average molecular weight is 568 g/mol. The fraction of sp³-hybridized carbons (Fsp3) is 0.560. The van der Waals surface area contributed by atoms with Crippen LogP contribution in [0.15, 0.2) is 18.2 Å². The van der Waals surface area contributed by atoms with E-state index < -0.39 is 54.3 Å². The first kappa shape index (κ1) is 32.3. The SMILES string of the molecule is CC(C)C(C(N)=O)N(C)C(=O)OCc1ccc(OC2CC(O)CC(C(=O)O)O2)c(NC(=O)CCNC(=O)CN)c1. The standard InChI is InChI=1S/C25H37N5O10/c1-13(2)22(23(27)34)30(3)25(37)38-12-14-4-5-17(39-21-10-15(31)9-18(40-21)24(35)36)16(8-14)29-19(32)6-7-28-20(33)11-26/h4-5,8,13,15,18,21-22,31H,6-7,9-12,26H2,1-3H3,(H2,27,34)(H,28,33)(H,29,32)(H,35,36). The monoisotopic (exact) mass is 567 g/mol. The molecule has 15 nitrogen and oxygen atoms in total. The van der Waals surface area contributed by atoms with Crippen LogP contribution in [-0.4, -0.2) is 89.6 Å². The van der Waals surface area contributed by atoms with Gasteiger partial charge in [0.1, 0.15) is 18.4 Å². The zero-order valence-electron chi connectivity index (χ0n) is 22.6. The molecule has 4 atom stereocenters. The van der Waals surface area contributed by atoms with Crippen LogP contribution in [0.5, 0.6) is 5.75 Å². The maximum absolute atomic E-state index is 12.6. The molecule has 0 spiro atoms. The van der Waals surface area contributed by atoms with Gasteiger partial charge in [-0.3, -0.25) is 19.3 Å². The number of anilines is 1. The van der Waals surface area contributed by atoms with Crippen LogP contribution < -0.4 is 26.8 Å². The van der Waals surface area contributed by atoms with Gasteiger partial charge in [0, 0.05) is 32.9 Å². The maximum Gasteiger partial charge on any atom is 0.410 e. The van der Waals surface area contributed by atoms with Crippen molar-refractivity contribution in [3.05, 3.63) is 23.8 Å². The molecule has 1 saturated heterocycles. The lowest BCUT2D eigenvalue weighted by atomic mass is 10.0. The molecule has 1 aromatic carbocycles. The van der Waals surface area contributed by atoms with Crippen LogP contribution in [0.1, 0.15) is 38.7 Å². The number of benzene rings is 1. The van der Waals surface area contributed by atoms with E-state index in [-0.39, 0.29) is 56.3 Å². The second-order valence-corrected chi connectivity index (χ2v) is 9.58. The van der Waals surface area contributed by atoms with E-state index in [1.54, 1.807) is 19.9 Å². The summed E-state index contributed by atoms with van der Waals surface area (Å²) in [5.74, 6) is -3.00. The lowest BCUT2D eigenvalue weighted by Gasteiger charge is -2.31. The van der Waals surface area contributed by atoms with Crippen LogP contribution in [0.3, 0.4) is 0 Å². The lowest BCUT2D eigenvalue weighted by Crippen LogP contribution is -2.48. The Morgan fingerprint density at radius 3 is 2.48 bits per heavy atom. The Balaban J connectivity index is 2.19. The maximum atomic E-state index is 12.6. The molecule has 0 saturated carbocycles. The molecule has 222 valence electrons. The van der Waals surface area contributed by atoms with Gasteiger partial charge in [-0.25, -0.2) is 9.59 Å². The molecule has 4 unspecified atom stereocenters. The van der Waals surface area contributed by atoms with E-state index in [1.165, 1.54) is 19.2 Å². The van der Waals surface area contributed by atoms with E-state index in [9.17, 15) is 34.2 Å². The Bertz CT molecular complexity index is 1080. The Labute approximate surface area is 231 Å². The fourth-order valence-electron chi connectivity index (χ4n) is 4.03. The smallest absolute Gasteiger partial charge is 0.410 e.